The van der Waals surface area contributed by atoms with E-state index in [1.807, 2.05) is 0 Å². The van der Waals surface area contributed by atoms with Gasteiger partial charge in [0.05, 0.1) is 0 Å². The molecule has 0 aliphatic carbocycles. The van der Waals surface area contributed by atoms with Gasteiger partial charge in [-0.15, -0.1) is 11.6 Å². The average Bonchev–Trinajstić information content (AvgIpc) is 2.37. The number of hydrogen-bond donors (Lipinski definition) is 1. The Morgan fingerprint density at radius 3 is 2.50 bits per heavy atom. The van der Waals surface area contributed by atoms with E-state index < -0.39 is 0 Å². The third-order valence-corrected chi connectivity index (χ3v) is 3.97. The maximum atomic E-state index is 10.8. The van der Waals surface area contributed by atoms with Gasteiger partial charge in [-0.25, -0.2) is 0 Å². The largest absolute Gasteiger partial charge is 0.356 e. The molecule has 0 radical (unpaired) electrons. The molecular formula is C14H27ClN2O. The topological polar surface area (TPSA) is 32.3 Å². The average molecular weight is 275 g/mol. The molecule has 1 heterocycles. The fourth-order valence-corrected chi connectivity index (χ4v) is 2.67. The van der Waals surface area contributed by atoms with Crippen molar-refractivity contribution in [3.05, 3.63) is 0 Å². The number of likely N-dealkylation sites (tertiary alicyclic amines) is 1. The van der Waals surface area contributed by atoms with Crippen molar-refractivity contribution in [3.63, 3.8) is 0 Å². The summed E-state index contributed by atoms with van der Waals surface area (Å²) in [5.74, 6) is 1.58. The first-order valence-electron chi connectivity index (χ1n) is 7.25. The Morgan fingerprint density at radius 1 is 1.22 bits per heavy atom. The van der Waals surface area contributed by atoms with Crippen LogP contribution in [0.1, 0.15) is 45.4 Å². The molecule has 0 aromatic carbocycles. The molecular weight excluding hydrogens is 248 g/mol. The Kier molecular flexibility index (Phi) is 8.44. The smallest absolute Gasteiger partial charge is 0.216 e. The van der Waals surface area contributed by atoms with Gasteiger partial charge in [0.15, 0.2) is 0 Å². The first-order valence-corrected chi connectivity index (χ1v) is 7.78. The van der Waals surface area contributed by atoms with Crippen molar-refractivity contribution in [2.24, 2.45) is 5.92 Å². The highest BCUT2D eigenvalue weighted by molar-refractivity contribution is 6.17. The summed E-state index contributed by atoms with van der Waals surface area (Å²) in [7, 11) is 0. The number of rotatable bonds is 8. The Balaban J connectivity index is 1.99. The van der Waals surface area contributed by atoms with Gasteiger partial charge < -0.3 is 10.2 Å². The van der Waals surface area contributed by atoms with Crippen molar-refractivity contribution in [1.82, 2.24) is 10.2 Å². The standard InChI is InChI=1S/C14H27ClN2O/c1-13(18)16-12-14-6-10-17(11-7-14)9-5-3-2-4-8-15/h14H,2-12H2,1H3,(H,16,18). The van der Waals surface area contributed by atoms with E-state index >= 15 is 0 Å². The number of halogens is 1. The lowest BCUT2D eigenvalue weighted by Crippen LogP contribution is -2.38. The third-order valence-electron chi connectivity index (χ3n) is 3.70. The Labute approximate surface area is 116 Å². The van der Waals surface area contributed by atoms with E-state index in [0.29, 0.717) is 5.92 Å². The van der Waals surface area contributed by atoms with E-state index in [1.165, 1.54) is 51.7 Å². The van der Waals surface area contributed by atoms with Crippen LogP contribution >= 0.6 is 11.6 Å². The van der Waals surface area contributed by atoms with Crippen LogP contribution in [0.4, 0.5) is 0 Å². The van der Waals surface area contributed by atoms with E-state index in [4.69, 9.17) is 11.6 Å². The van der Waals surface area contributed by atoms with Crippen LogP contribution in [0.3, 0.4) is 0 Å². The quantitative estimate of drug-likeness (QED) is 0.545. The van der Waals surface area contributed by atoms with E-state index in [9.17, 15) is 4.79 Å². The summed E-state index contributed by atoms with van der Waals surface area (Å²) in [4.78, 5) is 13.4. The first-order chi connectivity index (χ1) is 8.72. The Morgan fingerprint density at radius 2 is 1.89 bits per heavy atom. The normalized spacial score (nSPS) is 17.9. The number of piperidine rings is 1. The fraction of sp³-hybridized carbons (Fsp3) is 0.929. The molecule has 0 atom stereocenters. The molecule has 0 saturated carbocycles. The summed E-state index contributed by atoms with van der Waals surface area (Å²) < 4.78 is 0. The zero-order valence-corrected chi connectivity index (χ0v) is 12.3. The SMILES string of the molecule is CC(=O)NCC1CCN(CCCCCCCl)CC1. The van der Waals surface area contributed by atoms with Crippen LogP contribution in [0.5, 0.6) is 0 Å². The van der Waals surface area contributed by atoms with Crippen LogP contribution in [0.25, 0.3) is 0 Å². The summed E-state index contributed by atoms with van der Waals surface area (Å²) in [6.07, 6.45) is 7.47. The molecule has 0 aromatic heterocycles. The second-order valence-corrected chi connectivity index (χ2v) is 5.70. The van der Waals surface area contributed by atoms with Crippen molar-refractivity contribution in [3.8, 4) is 0 Å². The lowest BCUT2D eigenvalue weighted by molar-refractivity contribution is -0.119. The monoisotopic (exact) mass is 274 g/mol. The second kappa shape index (κ2) is 9.62. The molecule has 1 N–H and O–H groups in total. The zero-order chi connectivity index (χ0) is 13.2. The van der Waals surface area contributed by atoms with E-state index in [-0.39, 0.29) is 5.91 Å². The number of hydrogen-bond acceptors (Lipinski definition) is 2. The van der Waals surface area contributed by atoms with Crippen LogP contribution < -0.4 is 5.32 Å². The molecule has 3 nitrogen and oxygen atoms in total. The minimum atomic E-state index is 0.0942. The Bertz CT molecular complexity index is 228. The maximum absolute atomic E-state index is 10.8. The first kappa shape index (κ1) is 15.8. The number of alkyl halides is 1. The lowest BCUT2D eigenvalue weighted by Gasteiger charge is -2.31. The molecule has 1 fully saturated rings. The van der Waals surface area contributed by atoms with Gasteiger partial charge >= 0.3 is 0 Å². The summed E-state index contributed by atoms with van der Waals surface area (Å²) in [5.41, 5.74) is 0. The molecule has 0 aromatic rings. The summed E-state index contributed by atoms with van der Waals surface area (Å²) >= 11 is 5.66. The number of carbonyl (C=O) groups excluding carboxylic acids is 1. The highest BCUT2D eigenvalue weighted by Gasteiger charge is 2.18. The predicted molar refractivity (Wildman–Crippen MR) is 77.0 cm³/mol. The van der Waals surface area contributed by atoms with Crippen molar-refractivity contribution in [2.75, 3.05) is 32.1 Å². The van der Waals surface area contributed by atoms with Crippen LogP contribution in [0, 0.1) is 5.92 Å². The highest BCUT2D eigenvalue weighted by Crippen LogP contribution is 2.17. The van der Waals surface area contributed by atoms with Gasteiger partial charge in [-0.1, -0.05) is 12.8 Å². The second-order valence-electron chi connectivity index (χ2n) is 5.33. The van der Waals surface area contributed by atoms with Crippen molar-refractivity contribution in [1.29, 1.82) is 0 Å². The van der Waals surface area contributed by atoms with Crippen LogP contribution in [-0.2, 0) is 4.79 Å². The van der Waals surface area contributed by atoms with Crippen molar-refractivity contribution >= 4 is 17.5 Å². The lowest BCUT2D eigenvalue weighted by atomic mass is 9.96. The highest BCUT2D eigenvalue weighted by atomic mass is 35.5. The van der Waals surface area contributed by atoms with Gasteiger partial charge in [0.1, 0.15) is 0 Å². The molecule has 0 bridgehead atoms. The van der Waals surface area contributed by atoms with Crippen LogP contribution in [0.15, 0.2) is 0 Å². The molecule has 18 heavy (non-hydrogen) atoms. The number of unbranched alkanes of at least 4 members (excludes halogenated alkanes) is 3. The van der Waals surface area contributed by atoms with Gasteiger partial charge in [0.2, 0.25) is 5.91 Å². The molecule has 4 heteroatoms. The number of nitrogens with one attached hydrogen (secondary N) is 1. The van der Waals surface area contributed by atoms with Gasteiger partial charge in [-0.3, -0.25) is 4.79 Å². The van der Waals surface area contributed by atoms with Crippen molar-refractivity contribution < 1.29 is 4.79 Å². The molecule has 0 unspecified atom stereocenters. The van der Waals surface area contributed by atoms with E-state index in [2.05, 4.69) is 10.2 Å². The fourth-order valence-electron chi connectivity index (χ4n) is 2.49. The molecule has 1 aliphatic heterocycles. The third kappa shape index (κ3) is 7.22. The van der Waals surface area contributed by atoms with E-state index in [0.717, 1.165) is 18.8 Å². The zero-order valence-electron chi connectivity index (χ0n) is 11.6. The minimum Gasteiger partial charge on any atom is -0.356 e. The molecule has 1 saturated heterocycles. The van der Waals surface area contributed by atoms with Crippen LogP contribution in [-0.4, -0.2) is 42.9 Å². The van der Waals surface area contributed by atoms with Gasteiger partial charge in [-0.05, 0) is 51.2 Å². The number of amides is 1. The molecule has 1 rings (SSSR count). The predicted octanol–water partition coefficient (Wildman–Crippen LogP) is 2.63. The number of nitrogens with zero attached hydrogens (tertiary/aromatic N) is 1. The maximum Gasteiger partial charge on any atom is 0.216 e. The van der Waals surface area contributed by atoms with Crippen molar-refractivity contribution in [2.45, 2.75) is 45.4 Å². The molecule has 1 aliphatic rings. The Hall–Kier alpha value is -0.280. The minimum absolute atomic E-state index is 0.0942. The summed E-state index contributed by atoms with van der Waals surface area (Å²) in [5, 5.41) is 2.93. The van der Waals surface area contributed by atoms with Gasteiger partial charge in [0.25, 0.3) is 0 Å². The molecule has 1 amide bonds. The van der Waals surface area contributed by atoms with Gasteiger partial charge in [0, 0.05) is 19.3 Å². The number of carbonyl (C=O) groups is 1. The van der Waals surface area contributed by atoms with Gasteiger partial charge in [-0.2, -0.15) is 0 Å². The molecule has 0 spiro atoms. The van der Waals surface area contributed by atoms with E-state index in [1.54, 1.807) is 6.92 Å². The summed E-state index contributed by atoms with van der Waals surface area (Å²) in [6.45, 7) is 6.07. The molecule has 106 valence electrons. The summed E-state index contributed by atoms with van der Waals surface area (Å²) in [6, 6.07) is 0. The van der Waals surface area contributed by atoms with Crippen LogP contribution in [0.2, 0.25) is 0 Å².